The molecular weight excluding hydrogens is 340 g/mol. The van der Waals surface area contributed by atoms with E-state index in [9.17, 15) is 0 Å². The van der Waals surface area contributed by atoms with Crippen LogP contribution in [-0.2, 0) is 16.7 Å². The van der Waals surface area contributed by atoms with Crippen molar-refractivity contribution in [2.45, 2.75) is 11.9 Å². The minimum atomic E-state index is 0.570. The summed E-state index contributed by atoms with van der Waals surface area (Å²) in [4.78, 5) is 5.45. The Labute approximate surface area is 129 Å². The maximum Gasteiger partial charge on any atom is 0.243 e. The van der Waals surface area contributed by atoms with Gasteiger partial charge in [-0.25, -0.2) is 0 Å². The summed E-state index contributed by atoms with van der Waals surface area (Å²) in [6, 6.07) is 7.85. The predicted molar refractivity (Wildman–Crippen MR) is 82.9 cm³/mol. The van der Waals surface area contributed by atoms with Crippen molar-refractivity contribution in [1.82, 2.24) is 9.38 Å². The van der Waals surface area contributed by atoms with Gasteiger partial charge in [0.1, 0.15) is 5.75 Å². The SMILES string of the molecule is COCc1cccc(Oc2nc3sccn3c2CBr)c1. The van der Waals surface area contributed by atoms with Gasteiger partial charge in [0.2, 0.25) is 5.88 Å². The number of nitrogens with zero attached hydrogens (tertiary/aromatic N) is 2. The summed E-state index contributed by atoms with van der Waals surface area (Å²) in [6.07, 6.45) is 2.00. The number of benzene rings is 1. The molecule has 2 heterocycles. The third-order valence-corrected chi connectivity index (χ3v) is 4.16. The number of aromatic nitrogens is 2. The molecule has 20 heavy (non-hydrogen) atoms. The van der Waals surface area contributed by atoms with Gasteiger partial charge in [-0.15, -0.1) is 11.3 Å². The van der Waals surface area contributed by atoms with Gasteiger partial charge in [-0.2, -0.15) is 4.98 Å². The van der Waals surface area contributed by atoms with E-state index < -0.39 is 0 Å². The van der Waals surface area contributed by atoms with E-state index in [4.69, 9.17) is 9.47 Å². The normalized spacial score (nSPS) is 11.1. The summed E-state index contributed by atoms with van der Waals surface area (Å²) in [7, 11) is 1.68. The van der Waals surface area contributed by atoms with Crippen molar-refractivity contribution in [3.8, 4) is 11.6 Å². The number of ether oxygens (including phenoxy) is 2. The molecule has 0 radical (unpaired) electrons. The Bertz CT molecular complexity index is 723. The molecule has 0 bridgehead atoms. The number of fused-ring (bicyclic) bond motifs is 1. The molecule has 0 unspecified atom stereocenters. The number of imidazole rings is 1. The molecule has 1 aromatic carbocycles. The maximum atomic E-state index is 5.92. The molecule has 0 spiro atoms. The Hall–Kier alpha value is -1.37. The van der Waals surface area contributed by atoms with Crippen molar-refractivity contribution >= 4 is 32.2 Å². The van der Waals surface area contributed by atoms with Crippen LogP contribution in [0.4, 0.5) is 0 Å². The van der Waals surface area contributed by atoms with Crippen LogP contribution < -0.4 is 4.74 Å². The van der Waals surface area contributed by atoms with Gasteiger partial charge in [-0.1, -0.05) is 28.1 Å². The van der Waals surface area contributed by atoms with E-state index in [1.165, 1.54) is 0 Å². The minimum Gasteiger partial charge on any atom is -0.437 e. The Morgan fingerprint density at radius 3 is 3.10 bits per heavy atom. The van der Waals surface area contributed by atoms with Crippen LogP contribution in [0.15, 0.2) is 35.8 Å². The van der Waals surface area contributed by atoms with E-state index in [-0.39, 0.29) is 0 Å². The smallest absolute Gasteiger partial charge is 0.243 e. The number of thiazole rings is 1. The molecule has 4 nitrogen and oxygen atoms in total. The van der Waals surface area contributed by atoms with Crippen LogP contribution in [0.2, 0.25) is 0 Å². The molecule has 0 saturated heterocycles. The van der Waals surface area contributed by atoms with Crippen molar-refractivity contribution in [3.63, 3.8) is 0 Å². The van der Waals surface area contributed by atoms with Crippen LogP contribution in [-0.4, -0.2) is 16.5 Å². The Kier molecular flexibility index (Phi) is 4.05. The van der Waals surface area contributed by atoms with Gasteiger partial charge in [-0.3, -0.25) is 4.40 Å². The van der Waals surface area contributed by atoms with Crippen molar-refractivity contribution in [1.29, 1.82) is 0 Å². The topological polar surface area (TPSA) is 35.8 Å². The molecule has 0 fully saturated rings. The third kappa shape index (κ3) is 2.59. The molecule has 0 aliphatic rings. The molecule has 6 heteroatoms. The first-order chi connectivity index (χ1) is 9.81. The van der Waals surface area contributed by atoms with Gasteiger partial charge in [-0.05, 0) is 17.7 Å². The van der Waals surface area contributed by atoms with E-state index in [1.54, 1.807) is 18.4 Å². The van der Waals surface area contributed by atoms with Crippen molar-refractivity contribution in [3.05, 3.63) is 47.1 Å². The Balaban J connectivity index is 1.92. The molecule has 0 aliphatic carbocycles. The van der Waals surface area contributed by atoms with E-state index in [2.05, 4.69) is 20.9 Å². The Morgan fingerprint density at radius 2 is 2.30 bits per heavy atom. The van der Waals surface area contributed by atoms with E-state index in [0.717, 1.165) is 22.0 Å². The number of hydrogen-bond donors (Lipinski definition) is 0. The van der Waals surface area contributed by atoms with Gasteiger partial charge in [0.25, 0.3) is 0 Å². The molecule has 0 N–H and O–H groups in total. The lowest BCUT2D eigenvalue weighted by Crippen LogP contribution is -1.92. The van der Waals surface area contributed by atoms with Crippen LogP contribution >= 0.6 is 27.3 Å². The number of alkyl halides is 1. The molecule has 0 aliphatic heterocycles. The molecule has 0 amide bonds. The van der Waals surface area contributed by atoms with E-state index in [0.29, 0.717) is 17.8 Å². The molecule has 3 aromatic rings. The van der Waals surface area contributed by atoms with E-state index in [1.807, 2.05) is 40.2 Å². The zero-order valence-corrected chi connectivity index (χ0v) is 13.3. The minimum absolute atomic E-state index is 0.570. The fourth-order valence-electron chi connectivity index (χ4n) is 1.99. The summed E-state index contributed by atoms with van der Waals surface area (Å²) in [6.45, 7) is 0.570. The Morgan fingerprint density at radius 1 is 1.40 bits per heavy atom. The van der Waals surface area contributed by atoms with Gasteiger partial charge in [0.05, 0.1) is 12.3 Å². The van der Waals surface area contributed by atoms with Crippen LogP contribution in [0.25, 0.3) is 4.96 Å². The highest BCUT2D eigenvalue weighted by Gasteiger charge is 2.14. The summed E-state index contributed by atoms with van der Waals surface area (Å²) in [5, 5.41) is 2.70. The number of methoxy groups -OCH3 is 1. The highest BCUT2D eigenvalue weighted by Crippen LogP contribution is 2.29. The lowest BCUT2D eigenvalue weighted by Gasteiger charge is -2.06. The second-order valence-electron chi connectivity index (χ2n) is 4.24. The van der Waals surface area contributed by atoms with Crippen molar-refractivity contribution in [2.75, 3.05) is 7.11 Å². The van der Waals surface area contributed by atoms with Gasteiger partial charge >= 0.3 is 0 Å². The van der Waals surface area contributed by atoms with Crippen LogP contribution in [0.1, 0.15) is 11.3 Å². The standard InChI is InChI=1S/C14H13BrN2O2S/c1-18-9-10-3-2-4-11(7-10)19-13-12(8-15)17-5-6-20-14(17)16-13/h2-7H,8-9H2,1H3. The second kappa shape index (κ2) is 5.95. The molecule has 0 atom stereocenters. The fraction of sp³-hybridized carbons (Fsp3) is 0.214. The van der Waals surface area contributed by atoms with Crippen molar-refractivity contribution in [2.24, 2.45) is 0 Å². The van der Waals surface area contributed by atoms with Crippen LogP contribution in [0.5, 0.6) is 11.6 Å². The highest BCUT2D eigenvalue weighted by molar-refractivity contribution is 9.08. The van der Waals surface area contributed by atoms with Crippen LogP contribution in [0, 0.1) is 0 Å². The van der Waals surface area contributed by atoms with Gasteiger partial charge < -0.3 is 9.47 Å². The predicted octanol–water partition coefficient (Wildman–Crippen LogP) is 4.23. The average Bonchev–Trinajstić information content (AvgIpc) is 3.00. The van der Waals surface area contributed by atoms with E-state index >= 15 is 0 Å². The van der Waals surface area contributed by atoms with Crippen LogP contribution in [0.3, 0.4) is 0 Å². The molecule has 0 saturated carbocycles. The second-order valence-corrected chi connectivity index (χ2v) is 5.67. The molecule has 104 valence electrons. The quantitative estimate of drug-likeness (QED) is 0.644. The molecule has 3 rings (SSSR count). The zero-order valence-electron chi connectivity index (χ0n) is 10.9. The number of halogens is 1. The molecule has 2 aromatic heterocycles. The first-order valence-electron chi connectivity index (χ1n) is 6.08. The summed E-state index contributed by atoms with van der Waals surface area (Å²) >= 11 is 5.08. The van der Waals surface area contributed by atoms with Gasteiger partial charge in [0, 0.05) is 24.0 Å². The number of rotatable bonds is 5. The first kappa shape index (κ1) is 13.6. The largest absolute Gasteiger partial charge is 0.437 e. The number of hydrogen-bond acceptors (Lipinski definition) is 4. The highest BCUT2D eigenvalue weighted by atomic mass is 79.9. The van der Waals surface area contributed by atoms with Crippen molar-refractivity contribution < 1.29 is 9.47 Å². The lowest BCUT2D eigenvalue weighted by atomic mass is 10.2. The third-order valence-electron chi connectivity index (χ3n) is 2.87. The summed E-state index contributed by atoms with van der Waals surface area (Å²) in [5.74, 6) is 1.41. The lowest BCUT2D eigenvalue weighted by molar-refractivity contribution is 0.184. The maximum absolute atomic E-state index is 5.92. The average molecular weight is 353 g/mol. The first-order valence-corrected chi connectivity index (χ1v) is 8.08. The fourth-order valence-corrected chi connectivity index (χ4v) is 3.23. The summed E-state index contributed by atoms with van der Waals surface area (Å²) < 4.78 is 13.1. The zero-order chi connectivity index (χ0) is 13.9. The monoisotopic (exact) mass is 352 g/mol. The molecular formula is C14H13BrN2O2S. The van der Waals surface area contributed by atoms with Gasteiger partial charge in [0.15, 0.2) is 4.96 Å². The summed E-state index contributed by atoms with van der Waals surface area (Å²) in [5.41, 5.74) is 2.09.